The van der Waals surface area contributed by atoms with E-state index in [4.69, 9.17) is 21.4 Å². The molecule has 0 aliphatic carbocycles. The highest BCUT2D eigenvalue weighted by molar-refractivity contribution is 7.80. The fraction of sp³-hybridized carbons (Fsp3) is 0.261. The molecule has 3 heterocycles. The minimum Gasteiger partial charge on any atom is -0.478 e. The van der Waals surface area contributed by atoms with Gasteiger partial charge in [-0.2, -0.15) is 0 Å². The summed E-state index contributed by atoms with van der Waals surface area (Å²) in [6.07, 6.45) is 2.56. The molecule has 160 valence electrons. The summed E-state index contributed by atoms with van der Waals surface area (Å²) in [6, 6.07) is 15.9. The maximum atomic E-state index is 11.6. The molecule has 0 radical (unpaired) electrons. The Kier molecular flexibility index (Phi) is 6.29. The number of nitrogens with one attached hydrogen (secondary N) is 1. The second-order valence-electron chi connectivity index (χ2n) is 7.22. The van der Waals surface area contributed by atoms with Gasteiger partial charge in [0.05, 0.1) is 17.3 Å². The fourth-order valence-electron chi connectivity index (χ4n) is 3.88. The smallest absolute Gasteiger partial charge is 0.336 e. The standard InChI is InChI=1S/C23H23N3O4S/c1-29-14-6-13-26-21(20(25-23(26)31)17-9-4-5-12-24-17)19-11-10-18(30-19)15-7-2-3-8-16(15)22(27)28/h2-5,7-12,20-21H,6,13-14H2,1H3,(H,25,31)(H,27,28)/t20-,21+/m0/s1. The first kappa shape index (κ1) is 21.0. The summed E-state index contributed by atoms with van der Waals surface area (Å²) >= 11 is 5.63. The number of rotatable bonds is 8. The maximum absolute atomic E-state index is 11.6. The van der Waals surface area contributed by atoms with Gasteiger partial charge in [-0.05, 0) is 49.0 Å². The van der Waals surface area contributed by atoms with Gasteiger partial charge < -0.3 is 24.5 Å². The summed E-state index contributed by atoms with van der Waals surface area (Å²) in [5.74, 6) is 0.197. The molecule has 1 saturated heterocycles. The lowest BCUT2D eigenvalue weighted by atomic mass is 10.0. The van der Waals surface area contributed by atoms with Gasteiger partial charge in [0, 0.05) is 32.0 Å². The van der Waals surface area contributed by atoms with Crippen molar-refractivity contribution in [1.29, 1.82) is 0 Å². The number of carboxylic acids is 1. The maximum Gasteiger partial charge on any atom is 0.336 e. The second kappa shape index (κ2) is 9.28. The number of aromatic nitrogens is 1. The Morgan fingerprint density at radius 3 is 2.77 bits per heavy atom. The zero-order chi connectivity index (χ0) is 21.8. The van der Waals surface area contributed by atoms with Crippen LogP contribution in [-0.2, 0) is 4.74 Å². The Hall–Kier alpha value is -3.23. The number of ether oxygens (including phenoxy) is 1. The van der Waals surface area contributed by atoms with Crippen LogP contribution in [0, 0.1) is 0 Å². The van der Waals surface area contributed by atoms with Crippen molar-refractivity contribution in [1.82, 2.24) is 15.2 Å². The average molecular weight is 438 g/mol. The number of methoxy groups -OCH3 is 1. The third-order valence-electron chi connectivity index (χ3n) is 5.29. The summed E-state index contributed by atoms with van der Waals surface area (Å²) in [6.45, 7) is 1.31. The topological polar surface area (TPSA) is 87.8 Å². The van der Waals surface area contributed by atoms with Crippen molar-refractivity contribution >= 4 is 23.3 Å². The van der Waals surface area contributed by atoms with E-state index in [0.29, 0.717) is 35.3 Å². The van der Waals surface area contributed by atoms with Crippen LogP contribution in [0.1, 0.15) is 40.3 Å². The van der Waals surface area contributed by atoms with Crippen LogP contribution in [0.3, 0.4) is 0 Å². The van der Waals surface area contributed by atoms with E-state index < -0.39 is 5.97 Å². The molecule has 0 amide bonds. The molecule has 1 fully saturated rings. The summed E-state index contributed by atoms with van der Waals surface area (Å²) in [5.41, 5.74) is 1.59. The number of furan rings is 1. The molecule has 8 heteroatoms. The highest BCUT2D eigenvalue weighted by Gasteiger charge is 2.41. The van der Waals surface area contributed by atoms with Crippen molar-refractivity contribution in [3.05, 3.63) is 77.8 Å². The molecule has 7 nitrogen and oxygen atoms in total. The predicted octanol–water partition coefficient (Wildman–Crippen LogP) is 4.05. The molecular weight excluding hydrogens is 414 g/mol. The predicted molar refractivity (Wildman–Crippen MR) is 120 cm³/mol. The van der Waals surface area contributed by atoms with Crippen molar-refractivity contribution in [3.8, 4) is 11.3 Å². The number of thiocarbonyl (C=S) groups is 1. The van der Waals surface area contributed by atoms with Gasteiger partial charge in [0.2, 0.25) is 0 Å². The number of pyridine rings is 1. The lowest BCUT2D eigenvalue weighted by molar-refractivity contribution is 0.0697. The lowest BCUT2D eigenvalue weighted by Gasteiger charge is -2.26. The van der Waals surface area contributed by atoms with Gasteiger partial charge in [-0.25, -0.2) is 4.79 Å². The molecule has 31 heavy (non-hydrogen) atoms. The van der Waals surface area contributed by atoms with Gasteiger partial charge in [-0.3, -0.25) is 4.98 Å². The van der Waals surface area contributed by atoms with Crippen molar-refractivity contribution < 1.29 is 19.1 Å². The van der Waals surface area contributed by atoms with Crippen LogP contribution in [0.2, 0.25) is 0 Å². The quantitative estimate of drug-likeness (QED) is 0.403. The van der Waals surface area contributed by atoms with Crippen LogP contribution < -0.4 is 5.32 Å². The number of hydrogen-bond donors (Lipinski definition) is 2. The summed E-state index contributed by atoms with van der Waals surface area (Å²) in [5, 5.41) is 13.5. The van der Waals surface area contributed by atoms with Crippen molar-refractivity contribution in [2.75, 3.05) is 20.3 Å². The van der Waals surface area contributed by atoms with Crippen molar-refractivity contribution in [2.45, 2.75) is 18.5 Å². The summed E-state index contributed by atoms with van der Waals surface area (Å²) < 4.78 is 11.4. The Morgan fingerprint density at radius 2 is 2.03 bits per heavy atom. The van der Waals surface area contributed by atoms with Gasteiger partial charge in [0.15, 0.2) is 5.11 Å². The Labute approximate surface area is 185 Å². The molecule has 1 aliphatic rings. The van der Waals surface area contributed by atoms with Crippen LogP contribution in [0.15, 0.2) is 65.2 Å². The van der Waals surface area contributed by atoms with E-state index in [1.807, 2.05) is 24.3 Å². The third-order valence-corrected chi connectivity index (χ3v) is 5.64. The molecular formula is C23H23N3O4S. The van der Waals surface area contributed by atoms with E-state index in [0.717, 1.165) is 12.1 Å². The number of carboxylic acid groups (broad SMARTS) is 1. The zero-order valence-corrected chi connectivity index (χ0v) is 17.8. The van der Waals surface area contributed by atoms with Crippen LogP contribution in [0.4, 0.5) is 0 Å². The van der Waals surface area contributed by atoms with Crippen LogP contribution >= 0.6 is 12.2 Å². The SMILES string of the molecule is COCCCN1C(=S)N[C@@H](c2ccccn2)[C@H]1c1ccc(-c2ccccc2C(=O)O)o1. The Balaban J connectivity index is 1.72. The first-order valence-electron chi connectivity index (χ1n) is 9.99. The van der Waals surface area contributed by atoms with Crippen LogP contribution in [0.5, 0.6) is 0 Å². The van der Waals surface area contributed by atoms with Crippen molar-refractivity contribution in [2.24, 2.45) is 0 Å². The van der Waals surface area contributed by atoms with Gasteiger partial charge in [-0.1, -0.05) is 24.3 Å². The van der Waals surface area contributed by atoms with E-state index in [1.54, 1.807) is 43.6 Å². The molecule has 0 spiro atoms. The number of nitrogens with zero attached hydrogens (tertiary/aromatic N) is 2. The molecule has 1 aliphatic heterocycles. The van der Waals surface area contributed by atoms with Gasteiger partial charge in [-0.15, -0.1) is 0 Å². The minimum atomic E-state index is -0.996. The molecule has 3 aromatic rings. The highest BCUT2D eigenvalue weighted by atomic mass is 32.1. The number of carbonyl (C=O) groups is 1. The molecule has 1 aromatic carbocycles. The number of hydrogen-bond acceptors (Lipinski definition) is 5. The molecule has 2 N–H and O–H groups in total. The highest BCUT2D eigenvalue weighted by Crippen LogP contribution is 2.40. The third kappa shape index (κ3) is 4.30. The summed E-state index contributed by atoms with van der Waals surface area (Å²) in [4.78, 5) is 18.2. The van der Waals surface area contributed by atoms with Gasteiger partial charge in [0.1, 0.15) is 17.6 Å². The molecule has 0 unspecified atom stereocenters. The van der Waals surface area contributed by atoms with E-state index >= 15 is 0 Å². The minimum absolute atomic E-state index is 0.190. The Bertz CT molecular complexity index is 1070. The molecule has 2 atom stereocenters. The molecule has 0 saturated carbocycles. The number of benzene rings is 1. The van der Waals surface area contributed by atoms with E-state index in [-0.39, 0.29) is 17.6 Å². The molecule has 4 rings (SSSR count). The van der Waals surface area contributed by atoms with Crippen molar-refractivity contribution in [3.63, 3.8) is 0 Å². The van der Waals surface area contributed by atoms with E-state index in [1.165, 1.54) is 0 Å². The fourth-order valence-corrected chi connectivity index (χ4v) is 4.21. The normalized spacial score (nSPS) is 18.2. The first-order chi connectivity index (χ1) is 15.1. The first-order valence-corrected chi connectivity index (χ1v) is 10.4. The Morgan fingerprint density at radius 1 is 1.23 bits per heavy atom. The van der Waals surface area contributed by atoms with Crippen LogP contribution in [-0.4, -0.2) is 46.3 Å². The second-order valence-corrected chi connectivity index (χ2v) is 7.61. The molecule has 2 aromatic heterocycles. The average Bonchev–Trinajstić information content (AvgIpc) is 3.39. The summed E-state index contributed by atoms with van der Waals surface area (Å²) in [7, 11) is 1.67. The van der Waals surface area contributed by atoms with Gasteiger partial charge in [0.25, 0.3) is 0 Å². The molecule has 0 bridgehead atoms. The number of aromatic carboxylic acids is 1. The van der Waals surface area contributed by atoms with E-state index in [2.05, 4.69) is 15.2 Å². The monoisotopic (exact) mass is 437 g/mol. The zero-order valence-electron chi connectivity index (χ0n) is 17.0. The van der Waals surface area contributed by atoms with E-state index in [9.17, 15) is 9.90 Å². The lowest BCUT2D eigenvalue weighted by Crippen LogP contribution is -2.31. The van der Waals surface area contributed by atoms with Crippen LogP contribution in [0.25, 0.3) is 11.3 Å². The largest absolute Gasteiger partial charge is 0.478 e. The van der Waals surface area contributed by atoms with Gasteiger partial charge >= 0.3 is 5.97 Å².